The number of anilines is 2. The lowest BCUT2D eigenvalue weighted by molar-refractivity contribution is 0.0982. The van der Waals surface area contributed by atoms with Crippen molar-refractivity contribution in [2.75, 3.05) is 17.2 Å². The number of amides is 1. The molecule has 0 fully saturated rings. The standard InChI is InChI=1S/C19H24F2N4O3/c1-10(2)8-24(18(27)12-5-13(20)7-14(21)6-12)15-16(22)25(9-11(3)4)19(28)23-17(15)26/h5-7,10-11H,8-9,22H2,1-4H3,(H,23,26,28). The Kier molecular flexibility index (Phi) is 6.37. The lowest BCUT2D eigenvalue weighted by Gasteiger charge is -2.26. The lowest BCUT2D eigenvalue weighted by atomic mass is 10.1. The molecule has 28 heavy (non-hydrogen) atoms. The van der Waals surface area contributed by atoms with Crippen LogP contribution in [-0.2, 0) is 6.54 Å². The molecule has 0 atom stereocenters. The first-order valence-corrected chi connectivity index (χ1v) is 8.91. The van der Waals surface area contributed by atoms with Gasteiger partial charge < -0.3 is 10.6 Å². The Morgan fingerprint density at radius 3 is 2.18 bits per heavy atom. The molecular formula is C19H24F2N4O3. The molecule has 1 aromatic heterocycles. The van der Waals surface area contributed by atoms with Crippen molar-refractivity contribution in [3.8, 4) is 0 Å². The highest BCUT2D eigenvalue weighted by Crippen LogP contribution is 2.22. The molecule has 0 unspecified atom stereocenters. The maximum Gasteiger partial charge on any atom is 0.330 e. The predicted octanol–water partition coefficient (Wildman–Crippen LogP) is 2.36. The van der Waals surface area contributed by atoms with Crippen LogP contribution in [0.25, 0.3) is 0 Å². The molecule has 0 bridgehead atoms. The normalized spacial score (nSPS) is 11.3. The van der Waals surface area contributed by atoms with E-state index >= 15 is 0 Å². The highest BCUT2D eigenvalue weighted by atomic mass is 19.1. The van der Waals surface area contributed by atoms with Gasteiger partial charge in [-0.3, -0.25) is 19.1 Å². The molecule has 2 aromatic rings. The SMILES string of the molecule is CC(C)CN(C(=O)c1cc(F)cc(F)c1)c1c(N)n(CC(C)C)c(=O)[nH]c1=O. The van der Waals surface area contributed by atoms with Gasteiger partial charge in [-0.25, -0.2) is 13.6 Å². The van der Waals surface area contributed by atoms with Gasteiger partial charge in [0.15, 0.2) is 5.69 Å². The minimum absolute atomic E-state index is 0.0466. The van der Waals surface area contributed by atoms with Crippen LogP contribution in [0, 0.1) is 23.5 Å². The quantitative estimate of drug-likeness (QED) is 0.785. The molecule has 0 aliphatic carbocycles. The second-order valence-electron chi connectivity index (χ2n) is 7.47. The minimum atomic E-state index is -0.917. The molecular weight excluding hydrogens is 370 g/mol. The molecule has 9 heteroatoms. The Bertz CT molecular complexity index is 975. The first-order valence-electron chi connectivity index (χ1n) is 8.91. The van der Waals surface area contributed by atoms with Gasteiger partial charge in [-0.2, -0.15) is 0 Å². The van der Waals surface area contributed by atoms with E-state index in [0.29, 0.717) is 6.07 Å². The Morgan fingerprint density at radius 1 is 1.11 bits per heavy atom. The van der Waals surface area contributed by atoms with E-state index in [1.807, 2.05) is 13.8 Å². The van der Waals surface area contributed by atoms with Crippen molar-refractivity contribution in [3.63, 3.8) is 0 Å². The fraction of sp³-hybridized carbons (Fsp3) is 0.421. The molecule has 0 aliphatic rings. The van der Waals surface area contributed by atoms with Crippen LogP contribution in [0.2, 0.25) is 0 Å². The summed E-state index contributed by atoms with van der Waals surface area (Å²) < 4.78 is 28.3. The number of rotatable bonds is 6. The van der Waals surface area contributed by atoms with Gasteiger partial charge in [0.1, 0.15) is 17.5 Å². The highest BCUT2D eigenvalue weighted by molar-refractivity contribution is 6.07. The van der Waals surface area contributed by atoms with E-state index in [2.05, 4.69) is 4.98 Å². The summed E-state index contributed by atoms with van der Waals surface area (Å²) in [5, 5.41) is 0. The molecule has 3 N–H and O–H groups in total. The zero-order chi connectivity index (χ0) is 21.2. The number of carbonyl (C=O) groups is 1. The van der Waals surface area contributed by atoms with Crippen molar-refractivity contribution in [3.05, 3.63) is 56.2 Å². The van der Waals surface area contributed by atoms with E-state index in [1.54, 1.807) is 13.8 Å². The van der Waals surface area contributed by atoms with Crippen LogP contribution in [0.3, 0.4) is 0 Å². The van der Waals surface area contributed by atoms with Crippen LogP contribution in [-0.4, -0.2) is 22.0 Å². The zero-order valence-electron chi connectivity index (χ0n) is 16.3. The molecule has 152 valence electrons. The van der Waals surface area contributed by atoms with Crippen molar-refractivity contribution >= 4 is 17.4 Å². The number of hydrogen-bond acceptors (Lipinski definition) is 4. The van der Waals surface area contributed by atoms with E-state index < -0.39 is 28.8 Å². The monoisotopic (exact) mass is 394 g/mol. The number of carbonyl (C=O) groups excluding carboxylic acids is 1. The molecule has 2 rings (SSSR count). The van der Waals surface area contributed by atoms with Gasteiger partial charge in [-0.15, -0.1) is 0 Å². The first-order chi connectivity index (χ1) is 13.0. The summed E-state index contributed by atoms with van der Waals surface area (Å²) in [5.74, 6) is -2.84. The molecule has 1 aromatic carbocycles. The molecule has 0 spiro atoms. The molecule has 0 radical (unpaired) electrons. The molecule has 0 saturated carbocycles. The van der Waals surface area contributed by atoms with Crippen molar-refractivity contribution in [2.45, 2.75) is 34.2 Å². The van der Waals surface area contributed by atoms with Crippen molar-refractivity contribution in [2.24, 2.45) is 11.8 Å². The number of aromatic amines is 1. The van der Waals surface area contributed by atoms with Crippen LogP contribution >= 0.6 is 0 Å². The maximum atomic E-state index is 13.6. The molecule has 1 amide bonds. The smallest absolute Gasteiger partial charge is 0.330 e. The van der Waals surface area contributed by atoms with Crippen LogP contribution in [0.4, 0.5) is 20.3 Å². The van der Waals surface area contributed by atoms with Crippen LogP contribution < -0.4 is 21.9 Å². The third-order valence-electron chi connectivity index (χ3n) is 3.93. The Hall–Kier alpha value is -2.97. The van der Waals surface area contributed by atoms with Gasteiger partial charge in [0.25, 0.3) is 11.5 Å². The summed E-state index contributed by atoms with van der Waals surface area (Å²) in [7, 11) is 0. The first kappa shape index (κ1) is 21.3. The number of hydrogen-bond donors (Lipinski definition) is 2. The third-order valence-corrected chi connectivity index (χ3v) is 3.93. The summed E-state index contributed by atoms with van der Waals surface area (Å²) >= 11 is 0. The zero-order valence-corrected chi connectivity index (χ0v) is 16.3. The van der Waals surface area contributed by atoms with E-state index in [-0.39, 0.29) is 42.0 Å². The van der Waals surface area contributed by atoms with E-state index in [0.717, 1.165) is 17.0 Å². The summed E-state index contributed by atoms with van der Waals surface area (Å²) in [6.45, 7) is 7.63. The Labute approximate surface area is 160 Å². The van der Waals surface area contributed by atoms with Crippen molar-refractivity contribution < 1.29 is 13.6 Å². The van der Waals surface area contributed by atoms with E-state index in [4.69, 9.17) is 5.73 Å². The van der Waals surface area contributed by atoms with Gasteiger partial charge in [-0.1, -0.05) is 27.7 Å². The number of H-pyrrole nitrogens is 1. The van der Waals surface area contributed by atoms with Gasteiger partial charge >= 0.3 is 5.69 Å². The number of nitrogens with two attached hydrogens (primary N) is 1. The average Bonchev–Trinajstić information content (AvgIpc) is 2.55. The predicted molar refractivity (Wildman–Crippen MR) is 103 cm³/mol. The van der Waals surface area contributed by atoms with Gasteiger partial charge in [0, 0.05) is 24.7 Å². The second kappa shape index (κ2) is 8.37. The molecule has 1 heterocycles. The van der Waals surface area contributed by atoms with E-state index in [9.17, 15) is 23.2 Å². The summed E-state index contributed by atoms with van der Waals surface area (Å²) in [6.07, 6.45) is 0. The van der Waals surface area contributed by atoms with E-state index in [1.165, 1.54) is 4.57 Å². The van der Waals surface area contributed by atoms with Crippen molar-refractivity contribution in [1.82, 2.24) is 9.55 Å². The minimum Gasteiger partial charge on any atom is -0.383 e. The number of nitrogens with one attached hydrogen (secondary N) is 1. The number of nitrogen functional groups attached to an aromatic ring is 1. The van der Waals surface area contributed by atoms with Gasteiger partial charge in [-0.05, 0) is 24.0 Å². The number of benzene rings is 1. The number of nitrogens with zero attached hydrogens (tertiary/aromatic N) is 2. The number of aromatic nitrogens is 2. The lowest BCUT2D eigenvalue weighted by Crippen LogP contribution is -2.43. The summed E-state index contributed by atoms with van der Waals surface area (Å²) in [5.41, 5.74) is 4.08. The third kappa shape index (κ3) is 4.65. The van der Waals surface area contributed by atoms with Crippen molar-refractivity contribution in [1.29, 1.82) is 0 Å². The molecule has 7 nitrogen and oxygen atoms in total. The van der Waals surface area contributed by atoms with Gasteiger partial charge in [0.2, 0.25) is 0 Å². The van der Waals surface area contributed by atoms with Crippen LogP contribution in [0.5, 0.6) is 0 Å². The fourth-order valence-electron chi connectivity index (χ4n) is 2.86. The molecule has 0 aliphatic heterocycles. The Balaban J connectivity index is 2.68. The highest BCUT2D eigenvalue weighted by Gasteiger charge is 2.26. The Morgan fingerprint density at radius 2 is 1.68 bits per heavy atom. The van der Waals surface area contributed by atoms with Crippen LogP contribution in [0.15, 0.2) is 27.8 Å². The maximum absolute atomic E-state index is 13.6. The average molecular weight is 394 g/mol. The topological polar surface area (TPSA) is 101 Å². The number of halogens is 2. The van der Waals surface area contributed by atoms with Crippen LogP contribution in [0.1, 0.15) is 38.1 Å². The van der Waals surface area contributed by atoms with Gasteiger partial charge in [0.05, 0.1) is 0 Å². The fourth-order valence-corrected chi connectivity index (χ4v) is 2.86. The summed E-state index contributed by atoms with van der Waals surface area (Å²) in [6, 6.07) is 2.41. The molecule has 0 saturated heterocycles. The largest absolute Gasteiger partial charge is 0.383 e. The second-order valence-corrected chi connectivity index (χ2v) is 7.47. The summed E-state index contributed by atoms with van der Waals surface area (Å²) in [4.78, 5) is 40.9.